The molecule has 0 radical (unpaired) electrons. The van der Waals surface area contributed by atoms with E-state index in [1.54, 1.807) is 0 Å². The van der Waals surface area contributed by atoms with E-state index in [1.165, 1.54) is 6.42 Å². The lowest BCUT2D eigenvalue weighted by atomic mass is 9.92. The summed E-state index contributed by atoms with van der Waals surface area (Å²) in [6.07, 6.45) is 3.53. The maximum atomic E-state index is 9.05. The van der Waals surface area contributed by atoms with Gasteiger partial charge in [-0.3, -0.25) is 0 Å². The van der Waals surface area contributed by atoms with Crippen LogP contribution in [0.15, 0.2) is 18.2 Å². The van der Waals surface area contributed by atoms with Crippen molar-refractivity contribution in [2.75, 3.05) is 0 Å². The van der Waals surface area contributed by atoms with Gasteiger partial charge in [0.2, 0.25) is 0 Å². The first-order valence-corrected chi connectivity index (χ1v) is 7.05. The summed E-state index contributed by atoms with van der Waals surface area (Å²) < 4.78 is 2.98. The highest BCUT2D eigenvalue weighted by atomic mass is 32.1. The summed E-state index contributed by atoms with van der Waals surface area (Å²) in [4.78, 5) is 3.25. The largest absolute Gasteiger partial charge is 0.331 e. The number of H-pyrrole nitrogens is 1. The lowest BCUT2D eigenvalue weighted by Gasteiger charge is -2.18. The third-order valence-electron chi connectivity index (χ3n) is 4.15. The van der Waals surface area contributed by atoms with Gasteiger partial charge in [0.05, 0.1) is 22.7 Å². The maximum absolute atomic E-state index is 9.05. The number of nitriles is 1. The van der Waals surface area contributed by atoms with Crippen LogP contribution in [-0.2, 0) is 0 Å². The molecule has 0 aliphatic heterocycles. The minimum atomic E-state index is 0.385. The number of nitrogens with zero attached hydrogens (tertiary/aromatic N) is 2. The van der Waals surface area contributed by atoms with Crippen molar-refractivity contribution >= 4 is 23.3 Å². The minimum Gasteiger partial charge on any atom is -0.331 e. The van der Waals surface area contributed by atoms with Gasteiger partial charge >= 0.3 is 0 Å². The van der Waals surface area contributed by atoms with E-state index in [9.17, 15) is 0 Å². The Hall–Kier alpha value is -1.60. The standard InChI is InChI=1S/C15H17N3S/c1-15(2)6-5-11(8-15)18-13-7-10(9-16)3-4-12(13)17-14(18)19/h3-4,7,11H,5-6,8H2,1-2H3,(H,17,19). The van der Waals surface area contributed by atoms with Gasteiger partial charge in [0, 0.05) is 6.04 Å². The molecule has 1 fully saturated rings. The molecule has 1 aliphatic carbocycles. The molecule has 98 valence electrons. The molecule has 3 rings (SSSR count). The highest BCUT2D eigenvalue weighted by Crippen LogP contribution is 2.44. The topological polar surface area (TPSA) is 44.5 Å². The zero-order valence-corrected chi connectivity index (χ0v) is 12.0. The van der Waals surface area contributed by atoms with Crippen LogP contribution in [0.25, 0.3) is 11.0 Å². The normalized spacial score (nSPS) is 21.6. The molecule has 1 N–H and O–H groups in total. The first-order valence-electron chi connectivity index (χ1n) is 6.64. The van der Waals surface area contributed by atoms with Gasteiger partial charge in [-0.25, -0.2) is 0 Å². The smallest absolute Gasteiger partial charge is 0.178 e. The first-order chi connectivity index (χ1) is 9.00. The van der Waals surface area contributed by atoms with Crippen LogP contribution in [0.2, 0.25) is 0 Å². The SMILES string of the molecule is CC1(C)CCC(n2c(=S)[nH]c3ccc(C#N)cc32)C1. The number of aromatic amines is 1. The Morgan fingerprint density at radius 3 is 2.89 bits per heavy atom. The van der Waals surface area contributed by atoms with Gasteiger partial charge in [-0.1, -0.05) is 13.8 Å². The van der Waals surface area contributed by atoms with Crippen molar-refractivity contribution in [3.63, 3.8) is 0 Å². The van der Waals surface area contributed by atoms with Crippen molar-refractivity contribution in [3.8, 4) is 6.07 Å². The van der Waals surface area contributed by atoms with Crippen molar-refractivity contribution in [1.82, 2.24) is 9.55 Å². The summed E-state index contributed by atoms with van der Waals surface area (Å²) in [5.41, 5.74) is 3.16. The summed E-state index contributed by atoms with van der Waals surface area (Å²) in [6, 6.07) is 8.36. The highest BCUT2D eigenvalue weighted by Gasteiger charge is 2.32. The van der Waals surface area contributed by atoms with Crippen LogP contribution in [0.5, 0.6) is 0 Å². The van der Waals surface area contributed by atoms with E-state index in [-0.39, 0.29) is 0 Å². The Balaban J connectivity index is 2.16. The molecule has 1 heterocycles. The van der Waals surface area contributed by atoms with E-state index < -0.39 is 0 Å². The lowest BCUT2D eigenvalue weighted by Crippen LogP contribution is -2.09. The molecule has 1 atom stereocenters. The van der Waals surface area contributed by atoms with E-state index in [0.29, 0.717) is 17.0 Å². The second-order valence-corrected chi connectivity index (χ2v) is 6.59. The second kappa shape index (κ2) is 4.21. The van der Waals surface area contributed by atoms with E-state index in [2.05, 4.69) is 29.5 Å². The average Bonchev–Trinajstić information content (AvgIpc) is 2.87. The number of aromatic nitrogens is 2. The minimum absolute atomic E-state index is 0.385. The summed E-state index contributed by atoms with van der Waals surface area (Å²) in [5, 5.41) is 9.05. The number of hydrogen-bond acceptors (Lipinski definition) is 2. The van der Waals surface area contributed by atoms with E-state index in [1.807, 2.05) is 18.2 Å². The number of benzene rings is 1. The van der Waals surface area contributed by atoms with Gasteiger partial charge < -0.3 is 9.55 Å². The Morgan fingerprint density at radius 1 is 1.47 bits per heavy atom. The van der Waals surface area contributed by atoms with Gasteiger partial charge in [0.15, 0.2) is 4.77 Å². The zero-order chi connectivity index (χ0) is 13.6. The predicted octanol–water partition coefficient (Wildman–Crippen LogP) is 4.32. The summed E-state index contributed by atoms with van der Waals surface area (Å²) in [7, 11) is 0. The van der Waals surface area contributed by atoms with Crippen LogP contribution < -0.4 is 0 Å². The number of fused-ring (bicyclic) bond motifs is 1. The average molecular weight is 271 g/mol. The number of rotatable bonds is 1. The third kappa shape index (κ3) is 2.08. The number of imidazole rings is 1. The van der Waals surface area contributed by atoms with Crippen LogP contribution in [0.4, 0.5) is 0 Å². The molecule has 0 bridgehead atoms. The van der Waals surface area contributed by atoms with Crippen molar-refractivity contribution in [2.45, 2.75) is 39.2 Å². The highest BCUT2D eigenvalue weighted by molar-refractivity contribution is 7.71. The molecule has 1 aromatic carbocycles. The fourth-order valence-corrected chi connectivity index (χ4v) is 3.53. The summed E-state index contributed by atoms with van der Waals surface area (Å²) in [5.74, 6) is 0. The van der Waals surface area contributed by atoms with Gasteiger partial charge in [-0.15, -0.1) is 0 Å². The fraction of sp³-hybridized carbons (Fsp3) is 0.467. The van der Waals surface area contributed by atoms with E-state index >= 15 is 0 Å². The molecular formula is C15H17N3S. The molecular weight excluding hydrogens is 254 g/mol. The molecule has 1 aromatic heterocycles. The number of nitrogens with one attached hydrogen (secondary N) is 1. The fourth-order valence-electron chi connectivity index (χ4n) is 3.17. The third-order valence-corrected chi connectivity index (χ3v) is 4.45. The second-order valence-electron chi connectivity index (χ2n) is 6.20. The van der Waals surface area contributed by atoms with Crippen molar-refractivity contribution < 1.29 is 0 Å². The summed E-state index contributed by atoms with van der Waals surface area (Å²) >= 11 is 5.47. The van der Waals surface area contributed by atoms with Crippen molar-refractivity contribution in [1.29, 1.82) is 5.26 Å². The van der Waals surface area contributed by atoms with Crippen LogP contribution >= 0.6 is 12.2 Å². The van der Waals surface area contributed by atoms with Gasteiger partial charge in [-0.05, 0) is 55.1 Å². The summed E-state index contributed by atoms with van der Waals surface area (Å²) in [6.45, 7) is 4.62. The Kier molecular flexibility index (Phi) is 2.75. The van der Waals surface area contributed by atoms with E-state index in [0.717, 1.165) is 28.6 Å². The molecule has 0 amide bonds. The Bertz CT molecular complexity index is 730. The van der Waals surface area contributed by atoms with Crippen molar-refractivity contribution in [2.24, 2.45) is 5.41 Å². The first kappa shape index (κ1) is 12.4. The predicted molar refractivity (Wildman–Crippen MR) is 78.5 cm³/mol. The monoisotopic (exact) mass is 271 g/mol. The van der Waals surface area contributed by atoms with Crippen LogP contribution in [0.3, 0.4) is 0 Å². The van der Waals surface area contributed by atoms with Gasteiger partial charge in [-0.2, -0.15) is 5.26 Å². The molecule has 0 saturated heterocycles. The molecule has 2 aromatic rings. The molecule has 3 nitrogen and oxygen atoms in total. The lowest BCUT2D eigenvalue weighted by molar-refractivity contribution is 0.360. The Morgan fingerprint density at radius 2 is 2.26 bits per heavy atom. The molecule has 4 heteroatoms. The van der Waals surface area contributed by atoms with Crippen LogP contribution in [0.1, 0.15) is 44.7 Å². The van der Waals surface area contributed by atoms with E-state index in [4.69, 9.17) is 17.5 Å². The van der Waals surface area contributed by atoms with Gasteiger partial charge in [0.25, 0.3) is 0 Å². The molecule has 1 unspecified atom stereocenters. The quantitative estimate of drug-likeness (QED) is 0.785. The van der Waals surface area contributed by atoms with Crippen LogP contribution in [-0.4, -0.2) is 9.55 Å². The maximum Gasteiger partial charge on any atom is 0.178 e. The van der Waals surface area contributed by atoms with Crippen LogP contribution in [0, 0.1) is 21.5 Å². The molecule has 1 saturated carbocycles. The van der Waals surface area contributed by atoms with Crippen molar-refractivity contribution in [3.05, 3.63) is 28.5 Å². The molecule has 1 aliphatic rings. The molecule has 0 spiro atoms. The molecule has 19 heavy (non-hydrogen) atoms. The van der Waals surface area contributed by atoms with Gasteiger partial charge in [0.1, 0.15) is 0 Å². The zero-order valence-electron chi connectivity index (χ0n) is 11.2. The Labute approximate surface area is 117 Å². The number of hydrogen-bond donors (Lipinski definition) is 1.